The molecule has 2 aromatic carbocycles. The smallest absolute Gasteiger partial charge is 0.273 e. The lowest BCUT2D eigenvalue weighted by Gasteiger charge is -2.31. The van der Waals surface area contributed by atoms with E-state index in [1.807, 2.05) is 30.3 Å². The highest BCUT2D eigenvalue weighted by Gasteiger charge is 2.39. The fourth-order valence-corrected chi connectivity index (χ4v) is 4.69. The van der Waals surface area contributed by atoms with Gasteiger partial charge in [-0.1, -0.05) is 30.3 Å². The maximum atomic E-state index is 14.2. The minimum absolute atomic E-state index is 0.0780. The summed E-state index contributed by atoms with van der Waals surface area (Å²) >= 11 is 0.702. The molecule has 2 aromatic heterocycles. The van der Waals surface area contributed by atoms with E-state index in [0.29, 0.717) is 23.0 Å². The van der Waals surface area contributed by atoms with E-state index >= 15 is 0 Å². The number of aromatic nitrogens is 1. The molecule has 0 spiro atoms. The summed E-state index contributed by atoms with van der Waals surface area (Å²) in [7, 11) is 2.92. The van der Waals surface area contributed by atoms with Gasteiger partial charge in [-0.3, -0.25) is 19.3 Å². The minimum Gasteiger partial charge on any atom is -0.497 e. The lowest BCUT2D eigenvalue weighted by molar-refractivity contribution is -0.123. The first-order chi connectivity index (χ1) is 18.7. The molecule has 11 nitrogen and oxygen atoms in total. The number of rotatable bonds is 10. The van der Waals surface area contributed by atoms with E-state index in [1.54, 1.807) is 37.3 Å². The molecule has 1 atom stereocenters. The number of nitrogen functional groups attached to an aromatic ring is 1. The van der Waals surface area contributed by atoms with Crippen LogP contribution in [0.25, 0.3) is 0 Å². The monoisotopic (exact) mass is 549 g/mol. The molecular formula is C27H27N5O6S. The van der Waals surface area contributed by atoms with Gasteiger partial charge in [0.25, 0.3) is 17.7 Å². The topological polar surface area (TPSA) is 163 Å². The molecule has 4 rings (SSSR count). The van der Waals surface area contributed by atoms with Gasteiger partial charge in [0.05, 0.1) is 25.6 Å². The third-order valence-corrected chi connectivity index (χ3v) is 6.72. The SMILES string of the molecule is COc1ccc(N(C(=O)c2snc(C(N)=O)c2N)[C@@H](C(=O)NCc2ccccc2)c2ccc(C)o2)c(OC)c1. The fraction of sp³-hybridized carbons (Fsp3) is 0.185. The molecule has 2 heterocycles. The van der Waals surface area contributed by atoms with Gasteiger partial charge in [0.2, 0.25) is 0 Å². The summed E-state index contributed by atoms with van der Waals surface area (Å²) in [6.45, 7) is 1.93. The van der Waals surface area contributed by atoms with Crippen LogP contribution in [0.4, 0.5) is 11.4 Å². The number of ether oxygens (including phenoxy) is 2. The summed E-state index contributed by atoms with van der Waals surface area (Å²) in [6.07, 6.45) is 0. The van der Waals surface area contributed by atoms with Crippen LogP contribution in [0.2, 0.25) is 0 Å². The zero-order valence-corrected chi connectivity index (χ0v) is 22.3. The number of aryl methyl sites for hydroxylation is 1. The van der Waals surface area contributed by atoms with Gasteiger partial charge >= 0.3 is 0 Å². The number of carbonyl (C=O) groups is 3. The highest BCUT2D eigenvalue weighted by atomic mass is 32.1. The molecule has 0 radical (unpaired) electrons. The van der Waals surface area contributed by atoms with Crippen LogP contribution in [-0.2, 0) is 11.3 Å². The van der Waals surface area contributed by atoms with E-state index < -0.39 is 23.8 Å². The average molecular weight is 550 g/mol. The molecule has 0 aliphatic carbocycles. The molecule has 0 saturated carbocycles. The number of amides is 3. The second-order valence-electron chi connectivity index (χ2n) is 8.41. The molecule has 3 amide bonds. The summed E-state index contributed by atoms with van der Waals surface area (Å²) in [5.74, 6) is -0.682. The fourth-order valence-electron chi connectivity index (χ4n) is 3.94. The van der Waals surface area contributed by atoms with Crippen molar-refractivity contribution in [2.75, 3.05) is 24.9 Å². The zero-order chi connectivity index (χ0) is 28.1. The van der Waals surface area contributed by atoms with Gasteiger partial charge in [0.1, 0.15) is 27.9 Å². The lowest BCUT2D eigenvalue weighted by atomic mass is 10.1. The highest BCUT2D eigenvalue weighted by molar-refractivity contribution is 7.09. The van der Waals surface area contributed by atoms with Crippen LogP contribution in [0.15, 0.2) is 65.1 Å². The van der Waals surface area contributed by atoms with Gasteiger partial charge in [-0.25, -0.2) is 0 Å². The molecule has 5 N–H and O–H groups in total. The number of nitrogens with one attached hydrogen (secondary N) is 1. The number of methoxy groups -OCH3 is 2. The van der Waals surface area contributed by atoms with Crippen molar-refractivity contribution in [3.63, 3.8) is 0 Å². The molecular weight excluding hydrogens is 522 g/mol. The second kappa shape index (κ2) is 11.7. The number of nitrogens with zero attached hydrogens (tertiary/aromatic N) is 2. The summed E-state index contributed by atoms with van der Waals surface area (Å²) in [6, 6.07) is 16.1. The van der Waals surface area contributed by atoms with Crippen molar-refractivity contribution >= 4 is 40.6 Å². The van der Waals surface area contributed by atoms with Gasteiger partial charge in [-0.2, -0.15) is 4.37 Å². The zero-order valence-electron chi connectivity index (χ0n) is 21.5. The predicted octanol–water partition coefficient (Wildman–Crippen LogP) is 3.45. The van der Waals surface area contributed by atoms with Gasteiger partial charge in [-0.15, -0.1) is 0 Å². The Bertz CT molecular complexity index is 1500. The number of primary amides is 1. The maximum Gasteiger partial charge on any atom is 0.273 e. The van der Waals surface area contributed by atoms with Crippen LogP contribution >= 0.6 is 11.5 Å². The number of nitrogens with two attached hydrogens (primary N) is 2. The number of benzene rings is 2. The van der Waals surface area contributed by atoms with Crippen LogP contribution in [0.5, 0.6) is 11.5 Å². The van der Waals surface area contributed by atoms with Gasteiger partial charge in [-0.05, 0) is 48.3 Å². The minimum atomic E-state index is -1.30. The highest BCUT2D eigenvalue weighted by Crippen LogP contribution is 2.40. The van der Waals surface area contributed by atoms with Crippen LogP contribution in [0.3, 0.4) is 0 Å². The standard InChI is InChI=1S/C27H27N5O6S/c1-15-9-12-19(38-15)23(26(34)30-14-16-7-5-4-6-8-16)32(18-11-10-17(36-2)13-20(18)37-3)27(35)24-21(28)22(25(29)33)31-39-24/h4-13,23H,14,28H2,1-3H3,(H2,29,33)(H,30,34)/t23-/m1/s1. The second-order valence-corrected chi connectivity index (χ2v) is 9.18. The molecule has 4 aromatic rings. The first kappa shape index (κ1) is 27.2. The molecule has 0 aliphatic rings. The normalized spacial score (nSPS) is 11.5. The third kappa shape index (κ3) is 5.70. The van der Waals surface area contributed by atoms with Crippen molar-refractivity contribution in [3.8, 4) is 11.5 Å². The van der Waals surface area contributed by atoms with E-state index in [1.165, 1.54) is 19.1 Å². The maximum absolute atomic E-state index is 14.2. The van der Waals surface area contributed by atoms with E-state index in [-0.39, 0.29) is 40.0 Å². The average Bonchev–Trinajstić information content (AvgIpc) is 3.55. The van der Waals surface area contributed by atoms with Crippen molar-refractivity contribution in [3.05, 3.63) is 88.3 Å². The molecule has 39 heavy (non-hydrogen) atoms. The summed E-state index contributed by atoms with van der Waals surface area (Å²) in [5, 5.41) is 2.89. The molecule has 0 bridgehead atoms. The lowest BCUT2D eigenvalue weighted by Crippen LogP contribution is -2.44. The molecule has 0 unspecified atom stereocenters. The van der Waals surface area contributed by atoms with Gasteiger partial charge < -0.3 is 30.7 Å². The molecule has 0 fully saturated rings. The Morgan fingerprint density at radius 3 is 2.41 bits per heavy atom. The van der Waals surface area contributed by atoms with Crippen molar-refractivity contribution in [1.29, 1.82) is 0 Å². The van der Waals surface area contributed by atoms with Crippen LogP contribution in [-0.4, -0.2) is 36.3 Å². The van der Waals surface area contributed by atoms with Crippen LogP contribution in [0.1, 0.15) is 43.3 Å². The number of hydrogen-bond acceptors (Lipinski definition) is 9. The van der Waals surface area contributed by atoms with Gasteiger partial charge in [0, 0.05) is 12.6 Å². The van der Waals surface area contributed by atoms with Crippen molar-refractivity contribution in [2.24, 2.45) is 5.73 Å². The summed E-state index contributed by atoms with van der Waals surface area (Å²) in [5.41, 5.74) is 12.2. The van der Waals surface area contributed by atoms with Crippen molar-refractivity contribution < 1.29 is 28.3 Å². The predicted molar refractivity (Wildman–Crippen MR) is 146 cm³/mol. The van der Waals surface area contributed by atoms with Gasteiger partial charge in [0.15, 0.2) is 11.7 Å². The third-order valence-electron chi connectivity index (χ3n) is 5.87. The van der Waals surface area contributed by atoms with E-state index in [2.05, 4.69) is 9.69 Å². The molecule has 202 valence electrons. The number of carbonyl (C=O) groups excluding carboxylic acids is 3. The Labute approximate surface area is 228 Å². The first-order valence-corrected chi connectivity index (χ1v) is 12.5. The quantitative estimate of drug-likeness (QED) is 0.271. The van der Waals surface area contributed by atoms with Crippen LogP contribution in [0, 0.1) is 6.92 Å². The Balaban J connectivity index is 1.87. The molecule has 12 heteroatoms. The first-order valence-electron chi connectivity index (χ1n) is 11.7. The van der Waals surface area contributed by atoms with E-state index in [0.717, 1.165) is 5.56 Å². The molecule has 0 saturated heterocycles. The molecule has 0 aliphatic heterocycles. The Hall–Kier alpha value is -4.84. The summed E-state index contributed by atoms with van der Waals surface area (Å²) in [4.78, 5) is 41.0. The Morgan fingerprint density at radius 1 is 1.08 bits per heavy atom. The Morgan fingerprint density at radius 2 is 1.82 bits per heavy atom. The van der Waals surface area contributed by atoms with Crippen molar-refractivity contribution in [2.45, 2.75) is 19.5 Å². The summed E-state index contributed by atoms with van der Waals surface area (Å²) < 4.78 is 20.7. The van der Waals surface area contributed by atoms with E-state index in [9.17, 15) is 14.4 Å². The largest absolute Gasteiger partial charge is 0.497 e. The van der Waals surface area contributed by atoms with E-state index in [4.69, 9.17) is 25.4 Å². The number of anilines is 2. The van der Waals surface area contributed by atoms with Crippen molar-refractivity contribution in [1.82, 2.24) is 9.69 Å². The number of furan rings is 1. The number of hydrogen-bond donors (Lipinski definition) is 3. The Kier molecular flexibility index (Phi) is 8.15. The van der Waals surface area contributed by atoms with Crippen LogP contribution < -0.4 is 31.2 Å².